The summed E-state index contributed by atoms with van der Waals surface area (Å²) < 4.78 is 1.80. The minimum atomic E-state index is -1.67. The highest BCUT2D eigenvalue weighted by Crippen LogP contribution is 2.27. The van der Waals surface area contributed by atoms with Gasteiger partial charge in [0.1, 0.15) is 13.7 Å². The van der Waals surface area contributed by atoms with Gasteiger partial charge in [0.2, 0.25) is 11.8 Å². The Bertz CT molecular complexity index is 926. The second kappa shape index (κ2) is 5.19. The number of nitrogens with zero attached hydrogens (tertiary/aromatic N) is 2. The van der Waals surface area contributed by atoms with Crippen molar-refractivity contribution in [3.63, 3.8) is 0 Å². The molecule has 2 heterocycles. The minimum Gasteiger partial charge on any atom is -0.398 e. The molecule has 0 unspecified atom stereocenters. The number of nitrogens with one attached hydrogen (secondary N) is 1. The molecule has 1 aliphatic rings. The van der Waals surface area contributed by atoms with Crippen LogP contribution in [0.1, 0.15) is 18.7 Å². The van der Waals surface area contributed by atoms with Crippen LogP contribution in [0.25, 0.3) is 10.9 Å². The first kappa shape index (κ1) is 15.7. The molecule has 0 aliphatic carbocycles. The third-order valence-corrected chi connectivity index (χ3v) is 4.37. The molecule has 1 fully saturated rings. The van der Waals surface area contributed by atoms with Crippen LogP contribution in [0.2, 0.25) is 0 Å². The number of aromatic nitrogens is 2. The summed E-state index contributed by atoms with van der Waals surface area (Å²) in [5.74, 6) is -0.873. The SMILES string of the molecule is [B][C@@]1(n2c(C)nc3cc(Br)cc(N)c3c2=O)CCC(=O)NC1=O. The number of hydrogen-bond acceptors (Lipinski definition) is 5. The van der Waals surface area contributed by atoms with Gasteiger partial charge in [-0.25, -0.2) is 4.98 Å². The maximum absolute atomic E-state index is 12.9. The first-order valence-electron chi connectivity index (χ1n) is 6.86. The molecular weight excluding hydrogens is 363 g/mol. The van der Waals surface area contributed by atoms with Crippen LogP contribution in [0, 0.1) is 6.92 Å². The number of hydrogen-bond donors (Lipinski definition) is 2. The summed E-state index contributed by atoms with van der Waals surface area (Å²) in [6.45, 7) is 1.58. The van der Waals surface area contributed by atoms with Crippen molar-refractivity contribution in [1.82, 2.24) is 14.9 Å². The number of aryl methyl sites for hydroxylation is 1. The summed E-state index contributed by atoms with van der Waals surface area (Å²) in [6.07, 6.45) is 0.0595. The lowest BCUT2D eigenvalue weighted by Gasteiger charge is -2.35. The Morgan fingerprint density at radius 1 is 1.39 bits per heavy atom. The Hall–Kier alpha value is -2.16. The lowest BCUT2D eigenvalue weighted by atomic mass is 9.71. The zero-order chi connectivity index (χ0) is 16.9. The average Bonchev–Trinajstić information content (AvgIpc) is 2.42. The van der Waals surface area contributed by atoms with Crippen LogP contribution in [0.15, 0.2) is 21.4 Å². The number of halogens is 1. The summed E-state index contributed by atoms with van der Waals surface area (Å²) in [5, 5.41) is 2.35. The van der Waals surface area contributed by atoms with E-state index in [0.717, 1.165) is 4.57 Å². The molecule has 1 atom stereocenters. The van der Waals surface area contributed by atoms with E-state index in [4.69, 9.17) is 13.6 Å². The molecular formula is C14H12BBrN4O3. The van der Waals surface area contributed by atoms with Gasteiger partial charge in [-0.2, -0.15) is 0 Å². The van der Waals surface area contributed by atoms with Crippen molar-refractivity contribution < 1.29 is 9.59 Å². The summed E-state index contributed by atoms with van der Waals surface area (Å²) in [6, 6.07) is 3.25. The van der Waals surface area contributed by atoms with Crippen molar-refractivity contribution in [2.24, 2.45) is 0 Å². The predicted molar refractivity (Wildman–Crippen MR) is 89.0 cm³/mol. The summed E-state index contributed by atoms with van der Waals surface area (Å²) >= 11 is 3.30. The standard InChI is InChI=1S/C14H12BBrN4O3/c1-6-18-9-5-7(16)4-8(17)11(9)12(22)20(6)14(15)3-2-10(21)19-13(14)23/h4-5H,2-3,17H2,1H3,(H,19,21,23)/t14-/m1/s1. The van der Waals surface area contributed by atoms with E-state index >= 15 is 0 Å². The fraction of sp³-hybridized carbons (Fsp3) is 0.286. The molecule has 2 radical (unpaired) electrons. The minimum absolute atomic E-state index is 0.0159. The number of amides is 2. The van der Waals surface area contributed by atoms with Gasteiger partial charge in [-0.05, 0) is 25.5 Å². The highest BCUT2D eigenvalue weighted by Gasteiger charge is 2.41. The topological polar surface area (TPSA) is 107 Å². The zero-order valence-electron chi connectivity index (χ0n) is 12.2. The van der Waals surface area contributed by atoms with Gasteiger partial charge in [-0.1, -0.05) is 15.9 Å². The molecule has 23 heavy (non-hydrogen) atoms. The smallest absolute Gasteiger partial charge is 0.263 e. The van der Waals surface area contributed by atoms with Gasteiger partial charge >= 0.3 is 0 Å². The number of piperidine rings is 1. The molecule has 3 N–H and O–H groups in total. The monoisotopic (exact) mass is 374 g/mol. The molecule has 1 saturated heterocycles. The van der Waals surface area contributed by atoms with E-state index in [0.29, 0.717) is 9.99 Å². The van der Waals surface area contributed by atoms with E-state index in [1.54, 1.807) is 19.1 Å². The van der Waals surface area contributed by atoms with Gasteiger partial charge < -0.3 is 5.73 Å². The van der Waals surface area contributed by atoms with E-state index in [-0.39, 0.29) is 29.7 Å². The number of nitrogen functional groups attached to an aromatic ring is 1. The molecule has 3 rings (SSSR count). The Morgan fingerprint density at radius 3 is 2.74 bits per heavy atom. The summed E-state index contributed by atoms with van der Waals surface area (Å²) in [4.78, 5) is 40.8. The van der Waals surface area contributed by atoms with Gasteiger partial charge in [0.05, 0.1) is 16.3 Å². The third kappa shape index (κ3) is 2.35. The van der Waals surface area contributed by atoms with E-state index in [2.05, 4.69) is 26.2 Å². The average molecular weight is 375 g/mol. The number of imide groups is 1. The van der Waals surface area contributed by atoms with Crippen molar-refractivity contribution in [1.29, 1.82) is 0 Å². The van der Waals surface area contributed by atoms with Crippen LogP contribution in [-0.4, -0.2) is 29.2 Å². The van der Waals surface area contributed by atoms with E-state index in [1.807, 2.05) is 0 Å². The molecule has 7 nitrogen and oxygen atoms in total. The van der Waals surface area contributed by atoms with E-state index < -0.39 is 22.8 Å². The van der Waals surface area contributed by atoms with Crippen LogP contribution < -0.4 is 16.6 Å². The lowest BCUT2D eigenvalue weighted by molar-refractivity contribution is -0.137. The quantitative estimate of drug-likeness (QED) is 0.424. The zero-order valence-corrected chi connectivity index (χ0v) is 13.8. The lowest BCUT2D eigenvalue weighted by Crippen LogP contribution is -2.58. The van der Waals surface area contributed by atoms with Gasteiger partial charge in [0.25, 0.3) is 5.56 Å². The van der Waals surface area contributed by atoms with Crippen molar-refractivity contribution in [2.45, 2.75) is 25.2 Å². The number of fused-ring (bicyclic) bond motifs is 1. The number of nitrogens with two attached hydrogens (primary N) is 1. The molecule has 9 heteroatoms. The molecule has 116 valence electrons. The first-order valence-corrected chi connectivity index (χ1v) is 7.65. The number of rotatable bonds is 1. The molecule has 1 aromatic heterocycles. The van der Waals surface area contributed by atoms with Gasteiger partial charge in [-0.15, -0.1) is 0 Å². The maximum atomic E-state index is 12.9. The number of carbonyl (C=O) groups is 2. The Kier molecular flexibility index (Phi) is 3.55. The largest absolute Gasteiger partial charge is 0.398 e. The Labute approximate surface area is 140 Å². The van der Waals surface area contributed by atoms with Gasteiger partial charge in [0.15, 0.2) is 0 Å². The van der Waals surface area contributed by atoms with Crippen molar-refractivity contribution >= 4 is 52.2 Å². The maximum Gasteiger partial charge on any atom is 0.263 e. The number of carbonyl (C=O) groups excluding carboxylic acids is 2. The first-order chi connectivity index (χ1) is 10.7. The Morgan fingerprint density at radius 2 is 2.09 bits per heavy atom. The van der Waals surface area contributed by atoms with Crippen LogP contribution in [0.4, 0.5) is 5.69 Å². The molecule has 0 saturated carbocycles. The molecule has 1 aliphatic heterocycles. The van der Waals surface area contributed by atoms with Gasteiger partial charge in [0, 0.05) is 16.6 Å². The number of anilines is 1. The van der Waals surface area contributed by atoms with Crippen molar-refractivity contribution in [2.75, 3.05) is 5.73 Å². The third-order valence-electron chi connectivity index (χ3n) is 3.91. The van der Waals surface area contributed by atoms with Crippen LogP contribution >= 0.6 is 15.9 Å². The second-order valence-corrected chi connectivity index (χ2v) is 6.41. The van der Waals surface area contributed by atoms with Gasteiger partial charge in [-0.3, -0.25) is 24.3 Å². The second-order valence-electron chi connectivity index (χ2n) is 5.49. The highest BCUT2D eigenvalue weighted by atomic mass is 79.9. The molecule has 2 aromatic rings. The van der Waals surface area contributed by atoms with Crippen molar-refractivity contribution in [3.8, 4) is 0 Å². The normalized spacial score (nSPS) is 21.5. The predicted octanol–water partition coefficient (Wildman–Crippen LogP) is 0.308. The summed E-state index contributed by atoms with van der Waals surface area (Å²) in [7, 11) is 6.17. The highest BCUT2D eigenvalue weighted by molar-refractivity contribution is 9.10. The molecule has 2 amide bonds. The fourth-order valence-electron chi connectivity index (χ4n) is 2.82. The number of benzene rings is 1. The van der Waals surface area contributed by atoms with Crippen LogP contribution in [-0.2, 0) is 15.0 Å². The van der Waals surface area contributed by atoms with Crippen molar-refractivity contribution in [3.05, 3.63) is 32.8 Å². The van der Waals surface area contributed by atoms with E-state index in [9.17, 15) is 14.4 Å². The van der Waals surface area contributed by atoms with E-state index in [1.165, 1.54) is 0 Å². The van der Waals surface area contributed by atoms with Crippen LogP contribution in [0.5, 0.6) is 0 Å². The molecule has 0 bridgehead atoms. The molecule has 0 spiro atoms. The molecule has 1 aromatic carbocycles. The van der Waals surface area contributed by atoms with Crippen LogP contribution in [0.3, 0.4) is 0 Å². The summed E-state index contributed by atoms with van der Waals surface area (Å²) in [5.41, 5.74) is 4.39. The Balaban J connectivity index is 2.33. The fourth-order valence-corrected chi connectivity index (χ4v) is 3.28.